The molecule has 0 saturated carbocycles. The number of hydrogen-bond acceptors (Lipinski definition) is 2. The van der Waals surface area contributed by atoms with Gasteiger partial charge < -0.3 is 4.74 Å². The third-order valence-corrected chi connectivity index (χ3v) is 1.67. The molecule has 1 rings (SSSR count). The second-order valence-corrected chi connectivity index (χ2v) is 4.20. The van der Waals surface area contributed by atoms with Gasteiger partial charge in [-0.1, -0.05) is 18.2 Å². The van der Waals surface area contributed by atoms with E-state index in [1.165, 1.54) is 6.08 Å². The summed E-state index contributed by atoms with van der Waals surface area (Å²) in [7, 11) is 0. The van der Waals surface area contributed by atoms with Crippen molar-refractivity contribution >= 4 is 12.4 Å². The smallest absolute Gasteiger partial charge is 0.225 e. The van der Waals surface area contributed by atoms with E-state index in [1.54, 1.807) is 12.4 Å². The van der Waals surface area contributed by atoms with Gasteiger partial charge in [-0.15, -0.1) is 0 Å². The van der Waals surface area contributed by atoms with Crippen LogP contribution in [-0.2, 0) is 4.79 Å². The highest BCUT2D eigenvalue weighted by Crippen LogP contribution is 2.23. The number of carbonyl (C=O) groups excluding carboxylic acids is 1. The first kappa shape index (κ1) is 11.5. The van der Waals surface area contributed by atoms with Gasteiger partial charge in [-0.3, -0.25) is 4.79 Å². The van der Waals surface area contributed by atoms with Gasteiger partial charge in [0.1, 0.15) is 11.4 Å². The molecule has 0 aliphatic heterocycles. The Kier molecular flexibility index (Phi) is 3.67. The van der Waals surface area contributed by atoms with Crippen molar-refractivity contribution in [2.75, 3.05) is 0 Å². The fourth-order valence-corrected chi connectivity index (χ4v) is 1.16. The maximum Gasteiger partial charge on any atom is 0.225 e. The summed E-state index contributed by atoms with van der Waals surface area (Å²) in [5.41, 5.74) is 0.644. The second-order valence-electron chi connectivity index (χ2n) is 4.20. The van der Waals surface area contributed by atoms with Crippen molar-refractivity contribution in [1.29, 1.82) is 0 Å². The number of hydrogen-bond donors (Lipinski definition) is 0. The van der Waals surface area contributed by atoms with E-state index in [9.17, 15) is 4.79 Å². The van der Waals surface area contributed by atoms with E-state index in [-0.39, 0.29) is 5.60 Å². The molecule has 0 saturated heterocycles. The van der Waals surface area contributed by atoms with Gasteiger partial charge in [-0.2, -0.15) is 0 Å². The zero-order chi connectivity index (χ0) is 11.3. The van der Waals surface area contributed by atoms with Gasteiger partial charge in [-0.25, -0.2) is 0 Å². The van der Waals surface area contributed by atoms with Crippen LogP contribution >= 0.6 is 0 Å². The maximum absolute atomic E-state index is 10.1. The van der Waals surface area contributed by atoms with Crippen LogP contribution in [0.3, 0.4) is 0 Å². The van der Waals surface area contributed by atoms with Crippen LogP contribution in [0.25, 0.3) is 6.08 Å². The van der Waals surface area contributed by atoms with Crippen LogP contribution < -0.4 is 4.74 Å². The van der Waals surface area contributed by atoms with Crippen LogP contribution in [0, 0.1) is 0 Å². The number of ether oxygens (including phenoxy) is 1. The molecule has 0 heterocycles. The van der Waals surface area contributed by atoms with Crippen LogP contribution in [0.15, 0.2) is 30.3 Å². The van der Waals surface area contributed by atoms with E-state index in [4.69, 9.17) is 4.74 Å². The molecule has 0 atom stereocenters. The van der Waals surface area contributed by atoms with E-state index in [2.05, 4.69) is 0 Å². The predicted molar refractivity (Wildman–Crippen MR) is 61.6 cm³/mol. The fourth-order valence-electron chi connectivity index (χ4n) is 1.16. The second kappa shape index (κ2) is 4.78. The molecule has 0 fully saturated rings. The largest absolute Gasteiger partial charge is 0.488 e. The van der Waals surface area contributed by atoms with E-state index in [1.807, 2.05) is 45.0 Å². The van der Waals surface area contributed by atoms with Crippen LogP contribution in [0.2, 0.25) is 0 Å². The van der Waals surface area contributed by atoms with Gasteiger partial charge in [0.2, 0.25) is 6.29 Å². The Morgan fingerprint density at radius 1 is 1.27 bits per heavy atom. The van der Waals surface area contributed by atoms with Gasteiger partial charge in [0.25, 0.3) is 0 Å². The van der Waals surface area contributed by atoms with Crippen LogP contribution in [0.4, 0.5) is 0 Å². The minimum atomic E-state index is -0.241. The lowest BCUT2D eigenvalue weighted by Gasteiger charge is -2.22. The Bertz CT molecular complexity index is 359. The molecule has 0 spiro atoms. The van der Waals surface area contributed by atoms with Crippen LogP contribution in [0.5, 0.6) is 5.75 Å². The van der Waals surface area contributed by atoms with Gasteiger partial charge in [0.15, 0.2) is 0 Å². The van der Waals surface area contributed by atoms with Crippen molar-refractivity contribution in [1.82, 2.24) is 0 Å². The summed E-state index contributed by atoms with van der Waals surface area (Å²) in [5, 5.41) is 0. The molecule has 15 heavy (non-hydrogen) atoms. The highest BCUT2D eigenvalue weighted by Gasteiger charge is 2.12. The van der Waals surface area contributed by atoms with E-state index < -0.39 is 0 Å². The zero-order valence-electron chi connectivity index (χ0n) is 9.28. The quantitative estimate of drug-likeness (QED) is 0.706. The molecule has 1 aromatic carbocycles. The molecule has 0 N–H and O–H groups in total. The standard InChI is InChI=1S/C13H15O2/c1-13(2,3)15-12-9-5-4-7-11(12)8-6-10-14/h4-9H,1-3H3/b8-6+. The highest BCUT2D eigenvalue weighted by molar-refractivity contribution is 5.75. The van der Waals surface area contributed by atoms with Crippen molar-refractivity contribution in [3.63, 3.8) is 0 Å². The number of benzene rings is 1. The Hall–Kier alpha value is -1.57. The summed E-state index contributed by atoms with van der Waals surface area (Å²) >= 11 is 0. The molecule has 0 aromatic heterocycles. The molecular formula is C13H15O2. The van der Waals surface area contributed by atoms with Crippen LogP contribution in [0.1, 0.15) is 26.3 Å². The first-order valence-electron chi connectivity index (χ1n) is 4.85. The van der Waals surface area contributed by atoms with E-state index in [0.717, 1.165) is 11.3 Å². The van der Waals surface area contributed by atoms with E-state index >= 15 is 0 Å². The van der Waals surface area contributed by atoms with Crippen molar-refractivity contribution in [3.8, 4) is 5.75 Å². The summed E-state index contributed by atoms with van der Waals surface area (Å²) in [6, 6.07) is 7.59. The molecule has 0 amide bonds. The molecule has 79 valence electrons. The number of para-hydroxylation sites is 1. The Morgan fingerprint density at radius 2 is 1.93 bits per heavy atom. The topological polar surface area (TPSA) is 26.3 Å². The average molecular weight is 203 g/mol. The van der Waals surface area contributed by atoms with Crippen molar-refractivity contribution in [3.05, 3.63) is 35.9 Å². The minimum Gasteiger partial charge on any atom is -0.488 e. The summed E-state index contributed by atoms with van der Waals surface area (Å²) < 4.78 is 5.75. The zero-order valence-corrected chi connectivity index (χ0v) is 9.28. The normalized spacial score (nSPS) is 11.7. The molecule has 1 aromatic rings. The van der Waals surface area contributed by atoms with Crippen LogP contribution in [-0.4, -0.2) is 11.9 Å². The number of rotatable bonds is 3. The third kappa shape index (κ3) is 3.98. The molecule has 0 aliphatic carbocycles. The molecule has 0 unspecified atom stereocenters. The van der Waals surface area contributed by atoms with Crippen molar-refractivity contribution in [2.24, 2.45) is 0 Å². The lowest BCUT2D eigenvalue weighted by atomic mass is 10.1. The Balaban J connectivity index is 2.96. The van der Waals surface area contributed by atoms with Gasteiger partial charge >= 0.3 is 0 Å². The Labute approximate surface area is 90.6 Å². The summed E-state index contributed by atoms with van der Waals surface area (Å²) in [6.45, 7) is 5.96. The Morgan fingerprint density at radius 3 is 2.53 bits per heavy atom. The lowest BCUT2D eigenvalue weighted by Crippen LogP contribution is -2.23. The first-order chi connectivity index (χ1) is 7.03. The maximum atomic E-state index is 10.1. The van der Waals surface area contributed by atoms with Gasteiger partial charge in [-0.05, 0) is 39.0 Å². The molecule has 2 nitrogen and oxygen atoms in total. The van der Waals surface area contributed by atoms with Crippen molar-refractivity contribution < 1.29 is 9.53 Å². The molecule has 0 bridgehead atoms. The summed E-state index contributed by atoms with van der Waals surface area (Å²) in [4.78, 5) is 10.1. The molecule has 1 radical (unpaired) electrons. The highest BCUT2D eigenvalue weighted by atomic mass is 16.5. The monoisotopic (exact) mass is 203 g/mol. The lowest BCUT2D eigenvalue weighted by molar-refractivity contribution is 0.130. The average Bonchev–Trinajstić information content (AvgIpc) is 2.14. The van der Waals surface area contributed by atoms with Gasteiger partial charge in [0, 0.05) is 5.56 Å². The predicted octanol–water partition coefficient (Wildman–Crippen LogP) is 2.99. The van der Waals surface area contributed by atoms with E-state index in [0.29, 0.717) is 0 Å². The fraction of sp³-hybridized carbons (Fsp3) is 0.308. The molecule has 2 heteroatoms. The number of allylic oxidation sites excluding steroid dienone is 1. The van der Waals surface area contributed by atoms with Gasteiger partial charge in [0.05, 0.1) is 0 Å². The first-order valence-corrected chi connectivity index (χ1v) is 4.85. The summed E-state index contributed by atoms with van der Waals surface area (Å²) in [5.74, 6) is 0.775. The third-order valence-electron chi connectivity index (χ3n) is 1.67. The molecule has 0 aliphatic rings. The molecular weight excluding hydrogens is 188 g/mol. The minimum absolute atomic E-state index is 0.241. The summed E-state index contributed by atoms with van der Waals surface area (Å²) in [6.07, 6.45) is 4.75. The van der Waals surface area contributed by atoms with Crippen molar-refractivity contribution in [2.45, 2.75) is 26.4 Å². The SMILES string of the molecule is CC(C)(C)Oc1ccccc1/C=C/[C]=O.